The Bertz CT molecular complexity index is 167. The van der Waals surface area contributed by atoms with E-state index in [0.29, 0.717) is 18.4 Å². The minimum Gasteiger partial charge on any atom is -0.380 e. The van der Waals surface area contributed by atoms with Gasteiger partial charge in [0.05, 0.1) is 12.5 Å². The van der Waals surface area contributed by atoms with E-state index in [2.05, 4.69) is 19.2 Å². The number of hydrogen-bond acceptors (Lipinski definition) is 2. The van der Waals surface area contributed by atoms with Gasteiger partial charge in [-0.05, 0) is 11.8 Å². The van der Waals surface area contributed by atoms with Crippen LogP contribution in [0.2, 0.25) is 0 Å². The molecule has 1 N–H and O–H groups in total. The average molecular weight is 201 g/mol. The summed E-state index contributed by atoms with van der Waals surface area (Å²) >= 11 is 0. The molecule has 3 nitrogen and oxygen atoms in total. The second kappa shape index (κ2) is 6.82. The van der Waals surface area contributed by atoms with Crippen molar-refractivity contribution in [3.63, 3.8) is 0 Å². The maximum atomic E-state index is 11.4. The third-order valence-corrected chi connectivity index (χ3v) is 2.14. The minimum atomic E-state index is -0.0289. The molecule has 84 valence electrons. The van der Waals surface area contributed by atoms with E-state index < -0.39 is 0 Å². The second-order valence-corrected chi connectivity index (χ2v) is 4.40. The Kier molecular flexibility index (Phi) is 6.54. The lowest BCUT2D eigenvalue weighted by Gasteiger charge is -2.19. The van der Waals surface area contributed by atoms with Crippen LogP contribution < -0.4 is 5.32 Å². The van der Waals surface area contributed by atoms with Crippen LogP contribution in [-0.2, 0) is 9.53 Å². The van der Waals surface area contributed by atoms with Crippen LogP contribution in [0.5, 0.6) is 0 Å². The third kappa shape index (κ3) is 5.22. The van der Waals surface area contributed by atoms with E-state index in [1.807, 2.05) is 13.8 Å². The first-order chi connectivity index (χ1) is 6.49. The van der Waals surface area contributed by atoms with Crippen LogP contribution >= 0.6 is 0 Å². The highest BCUT2D eigenvalue weighted by molar-refractivity contribution is 5.78. The molecular weight excluding hydrogens is 178 g/mol. The highest BCUT2D eigenvalue weighted by atomic mass is 16.5. The lowest BCUT2D eigenvalue weighted by molar-refractivity contribution is -0.128. The molecule has 3 heteroatoms. The summed E-state index contributed by atoms with van der Waals surface area (Å²) in [6.45, 7) is 9.53. The van der Waals surface area contributed by atoms with Crippen molar-refractivity contribution in [1.29, 1.82) is 0 Å². The largest absolute Gasteiger partial charge is 0.380 e. The van der Waals surface area contributed by atoms with E-state index in [0.717, 1.165) is 6.61 Å². The molecule has 14 heavy (non-hydrogen) atoms. The van der Waals surface area contributed by atoms with Crippen LogP contribution in [-0.4, -0.2) is 26.2 Å². The molecule has 0 radical (unpaired) electrons. The summed E-state index contributed by atoms with van der Waals surface area (Å²) in [5.74, 6) is 0.886. The molecule has 1 amide bonds. The molecule has 1 unspecified atom stereocenters. The zero-order valence-electron chi connectivity index (χ0n) is 9.96. The SMILES string of the molecule is CNC(=O)C(COCC(C)C)C(C)C. The zero-order chi connectivity index (χ0) is 11.1. The van der Waals surface area contributed by atoms with Crippen LogP contribution in [0.4, 0.5) is 0 Å². The van der Waals surface area contributed by atoms with Gasteiger partial charge in [-0.25, -0.2) is 0 Å². The van der Waals surface area contributed by atoms with Crippen molar-refractivity contribution in [2.75, 3.05) is 20.3 Å². The monoisotopic (exact) mass is 201 g/mol. The topological polar surface area (TPSA) is 38.3 Å². The van der Waals surface area contributed by atoms with Gasteiger partial charge in [-0.15, -0.1) is 0 Å². The maximum absolute atomic E-state index is 11.4. The number of amides is 1. The number of nitrogens with one attached hydrogen (secondary N) is 1. The normalized spacial score (nSPS) is 13.4. The van der Waals surface area contributed by atoms with Gasteiger partial charge in [0.1, 0.15) is 0 Å². The molecule has 0 saturated carbocycles. The minimum absolute atomic E-state index is 0.0289. The van der Waals surface area contributed by atoms with Crippen LogP contribution in [0.15, 0.2) is 0 Å². The van der Waals surface area contributed by atoms with Crippen LogP contribution in [0.1, 0.15) is 27.7 Å². The summed E-state index contributed by atoms with van der Waals surface area (Å²) < 4.78 is 5.48. The number of ether oxygens (including phenoxy) is 1. The summed E-state index contributed by atoms with van der Waals surface area (Å²) in [6, 6.07) is 0. The van der Waals surface area contributed by atoms with Crippen LogP contribution in [0.25, 0.3) is 0 Å². The van der Waals surface area contributed by atoms with E-state index in [1.54, 1.807) is 7.05 Å². The molecule has 0 aliphatic rings. The Morgan fingerprint density at radius 2 is 1.79 bits per heavy atom. The quantitative estimate of drug-likeness (QED) is 0.710. The summed E-state index contributed by atoms with van der Waals surface area (Å²) in [6.07, 6.45) is 0. The van der Waals surface area contributed by atoms with Gasteiger partial charge in [-0.3, -0.25) is 4.79 Å². The number of carbonyl (C=O) groups is 1. The van der Waals surface area contributed by atoms with Crippen molar-refractivity contribution < 1.29 is 9.53 Å². The Hall–Kier alpha value is -0.570. The first-order valence-corrected chi connectivity index (χ1v) is 5.28. The van der Waals surface area contributed by atoms with Gasteiger partial charge < -0.3 is 10.1 Å². The van der Waals surface area contributed by atoms with E-state index >= 15 is 0 Å². The fraction of sp³-hybridized carbons (Fsp3) is 0.909. The second-order valence-electron chi connectivity index (χ2n) is 4.40. The average Bonchev–Trinajstić information content (AvgIpc) is 2.10. The van der Waals surface area contributed by atoms with E-state index in [4.69, 9.17) is 4.74 Å². The predicted molar refractivity (Wildman–Crippen MR) is 58.1 cm³/mol. The maximum Gasteiger partial charge on any atom is 0.225 e. The lowest BCUT2D eigenvalue weighted by Crippen LogP contribution is -2.34. The molecular formula is C11H23NO2. The molecule has 0 bridgehead atoms. The lowest BCUT2D eigenvalue weighted by atomic mass is 9.96. The molecule has 0 aromatic rings. The van der Waals surface area contributed by atoms with Gasteiger partial charge in [0, 0.05) is 13.7 Å². The van der Waals surface area contributed by atoms with E-state index in [1.165, 1.54) is 0 Å². The van der Waals surface area contributed by atoms with Gasteiger partial charge in [0.25, 0.3) is 0 Å². The summed E-state index contributed by atoms with van der Waals surface area (Å²) in [7, 11) is 1.67. The number of carbonyl (C=O) groups excluding carboxylic acids is 1. The standard InChI is InChI=1S/C11H23NO2/c1-8(2)6-14-7-10(9(3)4)11(13)12-5/h8-10H,6-7H2,1-5H3,(H,12,13). The van der Waals surface area contributed by atoms with Crippen molar-refractivity contribution in [3.05, 3.63) is 0 Å². The zero-order valence-corrected chi connectivity index (χ0v) is 9.96. The van der Waals surface area contributed by atoms with Crippen LogP contribution in [0.3, 0.4) is 0 Å². The van der Waals surface area contributed by atoms with Crippen LogP contribution in [0, 0.1) is 17.8 Å². The molecule has 1 atom stereocenters. The van der Waals surface area contributed by atoms with E-state index in [-0.39, 0.29) is 11.8 Å². The van der Waals surface area contributed by atoms with Gasteiger partial charge in [-0.2, -0.15) is 0 Å². The Balaban J connectivity index is 3.92. The molecule has 0 aliphatic heterocycles. The molecule has 0 aromatic heterocycles. The molecule has 0 saturated heterocycles. The molecule has 0 fully saturated rings. The Labute approximate surface area is 87.2 Å². The highest BCUT2D eigenvalue weighted by Crippen LogP contribution is 2.11. The fourth-order valence-corrected chi connectivity index (χ4v) is 1.19. The van der Waals surface area contributed by atoms with Gasteiger partial charge >= 0.3 is 0 Å². The summed E-state index contributed by atoms with van der Waals surface area (Å²) in [5.41, 5.74) is 0. The van der Waals surface area contributed by atoms with E-state index in [9.17, 15) is 4.79 Å². The first kappa shape index (κ1) is 13.4. The third-order valence-electron chi connectivity index (χ3n) is 2.14. The molecule has 0 rings (SSSR count). The Morgan fingerprint density at radius 1 is 1.21 bits per heavy atom. The number of hydrogen-bond donors (Lipinski definition) is 1. The molecule has 0 spiro atoms. The van der Waals surface area contributed by atoms with Gasteiger partial charge in [-0.1, -0.05) is 27.7 Å². The summed E-state index contributed by atoms with van der Waals surface area (Å²) in [5, 5.41) is 2.67. The van der Waals surface area contributed by atoms with Gasteiger partial charge in [0.2, 0.25) is 5.91 Å². The Morgan fingerprint density at radius 3 is 2.14 bits per heavy atom. The van der Waals surface area contributed by atoms with Crippen molar-refractivity contribution in [2.24, 2.45) is 17.8 Å². The van der Waals surface area contributed by atoms with Crippen molar-refractivity contribution in [1.82, 2.24) is 5.32 Å². The van der Waals surface area contributed by atoms with Gasteiger partial charge in [0.15, 0.2) is 0 Å². The molecule has 0 aliphatic carbocycles. The predicted octanol–water partition coefficient (Wildman–Crippen LogP) is 1.68. The van der Waals surface area contributed by atoms with Crippen molar-refractivity contribution in [3.8, 4) is 0 Å². The fourth-order valence-electron chi connectivity index (χ4n) is 1.19. The first-order valence-electron chi connectivity index (χ1n) is 5.28. The van der Waals surface area contributed by atoms with Crippen molar-refractivity contribution >= 4 is 5.91 Å². The molecule has 0 heterocycles. The number of rotatable bonds is 6. The highest BCUT2D eigenvalue weighted by Gasteiger charge is 2.21. The molecule has 0 aromatic carbocycles. The summed E-state index contributed by atoms with van der Waals surface area (Å²) in [4.78, 5) is 11.4. The van der Waals surface area contributed by atoms with Crippen molar-refractivity contribution in [2.45, 2.75) is 27.7 Å². The smallest absolute Gasteiger partial charge is 0.225 e.